The van der Waals surface area contributed by atoms with Crippen molar-refractivity contribution >= 4 is 23.2 Å². The van der Waals surface area contributed by atoms with Crippen molar-refractivity contribution in [2.24, 2.45) is 0 Å². The normalized spacial score (nSPS) is 15.4. The minimum atomic E-state index is -0.989. The Kier molecular flexibility index (Phi) is 6.64. The summed E-state index contributed by atoms with van der Waals surface area (Å²) in [5, 5.41) is 11.1. The third-order valence-electron chi connectivity index (χ3n) is 5.42. The summed E-state index contributed by atoms with van der Waals surface area (Å²) in [5.41, 5.74) is 1.45. The summed E-state index contributed by atoms with van der Waals surface area (Å²) in [6.45, 7) is 2.82. The van der Waals surface area contributed by atoms with Crippen molar-refractivity contribution in [1.82, 2.24) is 9.80 Å². The van der Waals surface area contributed by atoms with Crippen molar-refractivity contribution in [3.63, 3.8) is 0 Å². The summed E-state index contributed by atoms with van der Waals surface area (Å²) in [5.74, 6) is -0.565. The van der Waals surface area contributed by atoms with Gasteiger partial charge >= 0.3 is 5.97 Å². The first kappa shape index (κ1) is 21.1. The third-order valence-corrected chi connectivity index (χ3v) is 6.35. The van der Waals surface area contributed by atoms with Crippen LogP contribution in [0.25, 0.3) is 0 Å². The Labute approximate surface area is 185 Å². The molecule has 6 nitrogen and oxygen atoms in total. The first-order chi connectivity index (χ1) is 15.1. The van der Waals surface area contributed by atoms with Gasteiger partial charge in [0.25, 0.3) is 5.91 Å². The maximum absolute atomic E-state index is 12.6. The highest BCUT2D eigenvalue weighted by atomic mass is 32.1. The highest BCUT2D eigenvalue weighted by molar-refractivity contribution is 7.10. The number of carbonyl (C=O) groups is 2. The number of benzene rings is 2. The van der Waals surface area contributed by atoms with E-state index in [1.807, 2.05) is 11.0 Å². The Morgan fingerprint density at radius 1 is 0.935 bits per heavy atom. The number of hydrogen-bond donors (Lipinski definition) is 1. The van der Waals surface area contributed by atoms with Crippen LogP contribution in [0.4, 0.5) is 0 Å². The van der Waals surface area contributed by atoms with Gasteiger partial charge in [-0.15, -0.1) is 11.3 Å². The van der Waals surface area contributed by atoms with E-state index in [0.29, 0.717) is 18.8 Å². The molecule has 0 bridgehead atoms. The van der Waals surface area contributed by atoms with E-state index in [0.717, 1.165) is 13.1 Å². The van der Waals surface area contributed by atoms with Gasteiger partial charge in [0.2, 0.25) is 0 Å². The zero-order valence-corrected chi connectivity index (χ0v) is 17.8. The fourth-order valence-corrected chi connectivity index (χ4v) is 4.68. The molecule has 1 unspecified atom stereocenters. The van der Waals surface area contributed by atoms with Crippen LogP contribution in [0.15, 0.2) is 72.1 Å². The molecule has 31 heavy (non-hydrogen) atoms. The third kappa shape index (κ3) is 5.13. The molecule has 3 aromatic rings. The fraction of sp³-hybridized carbons (Fsp3) is 0.250. The van der Waals surface area contributed by atoms with Gasteiger partial charge in [-0.05, 0) is 41.3 Å². The Morgan fingerprint density at radius 2 is 1.65 bits per heavy atom. The lowest BCUT2D eigenvalue weighted by Gasteiger charge is -2.39. The predicted octanol–water partition coefficient (Wildman–Crippen LogP) is 3.76. The smallest absolute Gasteiger partial charge is 0.335 e. The Bertz CT molecular complexity index is 998. The van der Waals surface area contributed by atoms with E-state index in [1.54, 1.807) is 23.5 Å². The molecule has 1 atom stereocenters. The highest BCUT2D eigenvalue weighted by Gasteiger charge is 2.28. The van der Waals surface area contributed by atoms with Crippen LogP contribution in [0.5, 0.6) is 5.75 Å². The van der Waals surface area contributed by atoms with Crippen molar-refractivity contribution in [3.05, 3.63) is 88.1 Å². The molecule has 1 aliphatic rings. The second kappa shape index (κ2) is 9.76. The number of carboxylic acids is 1. The summed E-state index contributed by atoms with van der Waals surface area (Å²) in [6, 6.07) is 21.0. The highest BCUT2D eigenvalue weighted by Crippen LogP contribution is 2.32. The van der Waals surface area contributed by atoms with Gasteiger partial charge in [0.15, 0.2) is 6.61 Å². The second-order valence-corrected chi connectivity index (χ2v) is 8.34. The van der Waals surface area contributed by atoms with Gasteiger partial charge in [-0.2, -0.15) is 0 Å². The van der Waals surface area contributed by atoms with E-state index < -0.39 is 5.97 Å². The zero-order chi connectivity index (χ0) is 21.6. The van der Waals surface area contributed by atoms with Gasteiger partial charge in [0.1, 0.15) is 5.75 Å². The molecule has 0 radical (unpaired) electrons. The average molecular weight is 437 g/mol. The summed E-state index contributed by atoms with van der Waals surface area (Å²) >= 11 is 1.76. The first-order valence-corrected chi connectivity index (χ1v) is 11.1. The maximum Gasteiger partial charge on any atom is 0.335 e. The van der Waals surface area contributed by atoms with Gasteiger partial charge in [-0.3, -0.25) is 9.69 Å². The molecule has 0 aliphatic carbocycles. The quantitative estimate of drug-likeness (QED) is 0.611. The van der Waals surface area contributed by atoms with E-state index in [1.165, 1.54) is 22.6 Å². The van der Waals surface area contributed by atoms with Crippen LogP contribution in [0.2, 0.25) is 0 Å². The molecule has 4 rings (SSSR count). The van der Waals surface area contributed by atoms with Crippen molar-refractivity contribution in [1.29, 1.82) is 0 Å². The predicted molar refractivity (Wildman–Crippen MR) is 120 cm³/mol. The Hall–Kier alpha value is -3.16. The number of carboxylic acid groups (broad SMARTS) is 1. The molecule has 1 aliphatic heterocycles. The topological polar surface area (TPSA) is 70.1 Å². The Balaban J connectivity index is 1.34. The first-order valence-electron chi connectivity index (χ1n) is 10.2. The number of amides is 1. The van der Waals surface area contributed by atoms with E-state index in [4.69, 9.17) is 9.84 Å². The molecule has 160 valence electrons. The van der Waals surface area contributed by atoms with Crippen molar-refractivity contribution in [3.8, 4) is 5.75 Å². The Morgan fingerprint density at radius 3 is 2.26 bits per heavy atom. The molecule has 2 aromatic carbocycles. The van der Waals surface area contributed by atoms with E-state index in [9.17, 15) is 9.59 Å². The maximum atomic E-state index is 12.6. The van der Waals surface area contributed by atoms with Gasteiger partial charge in [0.05, 0.1) is 11.6 Å². The molecule has 1 amide bonds. The van der Waals surface area contributed by atoms with Crippen molar-refractivity contribution in [2.45, 2.75) is 6.04 Å². The summed E-state index contributed by atoms with van der Waals surface area (Å²) in [4.78, 5) is 29.1. The molecule has 0 spiro atoms. The van der Waals surface area contributed by atoms with Gasteiger partial charge < -0.3 is 14.7 Å². The number of hydrogen-bond acceptors (Lipinski definition) is 5. The second-order valence-electron chi connectivity index (χ2n) is 7.36. The van der Waals surface area contributed by atoms with Gasteiger partial charge in [-0.1, -0.05) is 36.4 Å². The zero-order valence-electron chi connectivity index (χ0n) is 17.0. The lowest BCUT2D eigenvalue weighted by atomic mass is 10.0. The van der Waals surface area contributed by atoms with E-state index in [2.05, 4.69) is 46.7 Å². The molecule has 7 heteroatoms. The van der Waals surface area contributed by atoms with Crippen LogP contribution in [-0.4, -0.2) is 59.6 Å². The standard InChI is InChI=1S/C24H24N2O4S/c27-22(17-30-20-10-8-19(9-11-20)24(28)29)25-12-14-26(15-13-25)23(21-7-4-16-31-21)18-5-2-1-3-6-18/h1-11,16,23H,12-15,17H2,(H,28,29). The number of nitrogens with zero attached hydrogens (tertiary/aromatic N) is 2. The summed E-state index contributed by atoms with van der Waals surface area (Å²) in [7, 11) is 0. The molecule has 1 aromatic heterocycles. The lowest BCUT2D eigenvalue weighted by Crippen LogP contribution is -2.50. The molecule has 2 heterocycles. The van der Waals surface area contributed by atoms with Crippen molar-refractivity contribution in [2.75, 3.05) is 32.8 Å². The number of aromatic carboxylic acids is 1. The molecule has 1 saturated heterocycles. The van der Waals surface area contributed by atoms with E-state index >= 15 is 0 Å². The van der Waals surface area contributed by atoms with Crippen LogP contribution in [0.1, 0.15) is 26.8 Å². The number of ether oxygens (including phenoxy) is 1. The molecule has 1 fully saturated rings. The van der Waals surface area contributed by atoms with Crippen LogP contribution in [0.3, 0.4) is 0 Å². The minimum Gasteiger partial charge on any atom is -0.484 e. The van der Waals surface area contributed by atoms with Crippen molar-refractivity contribution < 1.29 is 19.4 Å². The van der Waals surface area contributed by atoms with Crippen LogP contribution < -0.4 is 4.74 Å². The largest absolute Gasteiger partial charge is 0.484 e. The fourth-order valence-electron chi connectivity index (χ4n) is 3.80. The van der Waals surface area contributed by atoms with Gasteiger partial charge in [0, 0.05) is 31.1 Å². The molecule has 1 N–H and O–H groups in total. The van der Waals surface area contributed by atoms with Crippen LogP contribution in [0, 0.1) is 0 Å². The monoisotopic (exact) mass is 436 g/mol. The number of rotatable bonds is 7. The number of piperazine rings is 1. The van der Waals surface area contributed by atoms with Crippen LogP contribution in [-0.2, 0) is 4.79 Å². The SMILES string of the molecule is O=C(O)c1ccc(OCC(=O)N2CCN(C(c3ccccc3)c3cccs3)CC2)cc1. The van der Waals surface area contributed by atoms with Crippen LogP contribution >= 0.6 is 11.3 Å². The summed E-state index contributed by atoms with van der Waals surface area (Å²) < 4.78 is 5.56. The van der Waals surface area contributed by atoms with Gasteiger partial charge in [-0.25, -0.2) is 4.79 Å². The number of thiophene rings is 1. The molecule has 0 saturated carbocycles. The average Bonchev–Trinajstić information content (AvgIpc) is 3.33. The molecular formula is C24H24N2O4S. The lowest BCUT2D eigenvalue weighted by molar-refractivity contribution is -0.135. The molecular weight excluding hydrogens is 412 g/mol. The summed E-state index contributed by atoms with van der Waals surface area (Å²) in [6.07, 6.45) is 0. The number of carbonyl (C=O) groups excluding carboxylic acids is 1. The van der Waals surface area contributed by atoms with E-state index in [-0.39, 0.29) is 24.1 Å². The minimum absolute atomic E-state index is 0.0561.